The van der Waals surface area contributed by atoms with E-state index < -0.39 is 10.0 Å². The molecule has 10 heteroatoms. The lowest BCUT2D eigenvalue weighted by atomic mass is 10.2. The molecular weight excluding hydrogens is 396 g/mol. The SMILES string of the molecule is Cn1cc(C(=O)NCCCCCNC(=O)c2ccc(S(N)(=O)=O)cc2)ccc1=O. The second kappa shape index (κ2) is 9.99. The third kappa shape index (κ3) is 6.84. The Labute approximate surface area is 169 Å². The Bertz CT molecular complexity index is 1030. The van der Waals surface area contributed by atoms with E-state index in [9.17, 15) is 22.8 Å². The molecule has 4 N–H and O–H groups in total. The number of nitrogens with two attached hydrogens (primary N) is 1. The van der Waals surface area contributed by atoms with Crippen LogP contribution in [0.5, 0.6) is 0 Å². The summed E-state index contributed by atoms with van der Waals surface area (Å²) in [6, 6.07) is 8.23. The predicted octanol–water partition coefficient (Wildman–Crippen LogP) is 0.363. The predicted molar refractivity (Wildman–Crippen MR) is 108 cm³/mol. The number of hydrogen-bond acceptors (Lipinski definition) is 5. The first-order valence-electron chi connectivity index (χ1n) is 9.04. The number of carbonyl (C=O) groups excluding carboxylic acids is 2. The average Bonchev–Trinajstić information content (AvgIpc) is 2.68. The van der Waals surface area contributed by atoms with Crippen molar-refractivity contribution in [3.63, 3.8) is 0 Å². The number of aromatic nitrogens is 1. The van der Waals surface area contributed by atoms with E-state index in [1.807, 2.05) is 0 Å². The van der Waals surface area contributed by atoms with Crippen molar-refractivity contribution in [1.29, 1.82) is 0 Å². The number of pyridine rings is 1. The van der Waals surface area contributed by atoms with Gasteiger partial charge in [-0.25, -0.2) is 13.6 Å². The van der Waals surface area contributed by atoms with Gasteiger partial charge < -0.3 is 15.2 Å². The maximum atomic E-state index is 12.0. The zero-order valence-corrected chi connectivity index (χ0v) is 16.9. The van der Waals surface area contributed by atoms with Crippen LogP contribution in [0.4, 0.5) is 0 Å². The summed E-state index contributed by atoms with van der Waals surface area (Å²) in [5.74, 6) is -0.536. The van der Waals surface area contributed by atoms with Gasteiger partial charge in [0, 0.05) is 38.0 Å². The summed E-state index contributed by atoms with van der Waals surface area (Å²) in [4.78, 5) is 35.3. The van der Waals surface area contributed by atoms with Gasteiger partial charge in [0.15, 0.2) is 0 Å². The standard InChI is InChI=1S/C19H24N4O5S/c1-23-13-15(7-10-17(23)24)19(26)22-12-4-2-3-11-21-18(25)14-5-8-16(9-6-14)29(20,27)28/h5-10,13H,2-4,11-12H2,1H3,(H,21,25)(H,22,26)(H2,20,27,28). The third-order valence-electron chi connectivity index (χ3n) is 4.22. The zero-order chi connectivity index (χ0) is 21.4. The van der Waals surface area contributed by atoms with E-state index in [0.29, 0.717) is 24.2 Å². The Kier molecular flexibility index (Phi) is 7.68. The van der Waals surface area contributed by atoms with E-state index in [2.05, 4.69) is 10.6 Å². The molecular formula is C19H24N4O5S. The molecule has 9 nitrogen and oxygen atoms in total. The number of aryl methyl sites for hydroxylation is 1. The molecule has 29 heavy (non-hydrogen) atoms. The van der Waals surface area contributed by atoms with Crippen molar-refractivity contribution in [2.24, 2.45) is 12.2 Å². The van der Waals surface area contributed by atoms with Gasteiger partial charge in [0.2, 0.25) is 15.6 Å². The molecule has 2 amide bonds. The number of nitrogens with zero attached hydrogens (tertiary/aromatic N) is 1. The summed E-state index contributed by atoms with van der Waals surface area (Å²) < 4.78 is 23.7. The molecule has 156 valence electrons. The average molecular weight is 420 g/mol. The van der Waals surface area contributed by atoms with Crippen LogP contribution in [0.3, 0.4) is 0 Å². The Hall–Kier alpha value is -2.98. The molecule has 1 aromatic carbocycles. The number of carbonyl (C=O) groups is 2. The van der Waals surface area contributed by atoms with E-state index in [1.165, 1.54) is 47.2 Å². The number of hydrogen-bond donors (Lipinski definition) is 3. The van der Waals surface area contributed by atoms with Gasteiger partial charge >= 0.3 is 0 Å². The molecule has 0 bridgehead atoms. The van der Waals surface area contributed by atoms with Gasteiger partial charge in [-0.2, -0.15) is 0 Å². The number of rotatable bonds is 9. The van der Waals surface area contributed by atoms with Crippen molar-refractivity contribution < 1.29 is 18.0 Å². The van der Waals surface area contributed by atoms with Gasteiger partial charge in [-0.3, -0.25) is 14.4 Å². The Morgan fingerprint density at radius 3 is 1.93 bits per heavy atom. The third-order valence-corrected chi connectivity index (χ3v) is 5.15. The van der Waals surface area contributed by atoms with Crippen molar-refractivity contribution in [2.45, 2.75) is 24.2 Å². The van der Waals surface area contributed by atoms with Crippen LogP contribution in [-0.2, 0) is 17.1 Å². The summed E-state index contributed by atoms with van der Waals surface area (Å²) in [6.45, 7) is 0.954. The summed E-state index contributed by atoms with van der Waals surface area (Å²) in [5.41, 5.74) is 0.596. The maximum Gasteiger partial charge on any atom is 0.252 e. The highest BCUT2D eigenvalue weighted by atomic mass is 32.2. The number of amides is 2. The van der Waals surface area contributed by atoms with Gasteiger partial charge in [-0.15, -0.1) is 0 Å². The molecule has 0 unspecified atom stereocenters. The Morgan fingerprint density at radius 1 is 0.897 bits per heavy atom. The van der Waals surface area contributed by atoms with E-state index in [0.717, 1.165) is 19.3 Å². The summed E-state index contributed by atoms with van der Waals surface area (Å²) in [5, 5.41) is 10.6. The van der Waals surface area contributed by atoms with Crippen LogP contribution in [-0.4, -0.2) is 37.9 Å². The number of primary sulfonamides is 1. The van der Waals surface area contributed by atoms with Crippen molar-refractivity contribution >= 4 is 21.8 Å². The minimum Gasteiger partial charge on any atom is -0.352 e. The molecule has 0 saturated carbocycles. The lowest BCUT2D eigenvalue weighted by Gasteiger charge is -2.07. The minimum absolute atomic E-state index is 0.0474. The molecule has 2 aromatic rings. The lowest BCUT2D eigenvalue weighted by Crippen LogP contribution is -2.27. The second-order valence-electron chi connectivity index (χ2n) is 6.51. The summed E-state index contributed by atoms with van der Waals surface area (Å²) in [6.07, 6.45) is 3.77. The number of sulfonamides is 1. The highest BCUT2D eigenvalue weighted by molar-refractivity contribution is 7.89. The molecule has 0 aliphatic carbocycles. The molecule has 0 spiro atoms. The molecule has 0 atom stereocenters. The van der Waals surface area contributed by atoms with Gasteiger partial charge in [0.05, 0.1) is 10.5 Å². The van der Waals surface area contributed by atoms with Crippen LogP contribution in [0.25, 0.3) is 0 Å². The van der Waals surface area contributed by atoms with Crippen LogP contribution >= 0.6 is 0 Å². The smallest absolute Gasteiger partial charge is 0.252 e. The molecule has 0 aliphatic rings. The van der Waals surface area contributed by atoms with Gasteiger partial charge in [0.1, 0.15) is 0 Å². The Morgan fingerprint density at radius 2 is 1.41 bits per heavy atom. The van der Waals surface area contributed by atoms with E-state index in [4.69, 9.17) is 5.14 Å². The van der Waals surface area contributed by atoms with Crippen LogP contribution in [0.2, 0.25) is 0 Å². The van der Waals surface area contributed by atoms with E-state index in [-0.39, 0.29) is 22.3 Å². The van der Waals surface area contributed by atoms with E-state index in [1.54, 1.807) is 7.05 Å². The topological polar surface area (TPSA) is 140 Å². The van der Waals surface area contributed by atoms with Gasteiger partial charge in [-0.1, -0.05) is 0 Å². The highest BCUT2D eigenvalue weighted by Crippen LogP contribution is 2.08. The lowest BCUT2D eigenvalue weighted by molar-refractivity contribution is 0.0947. The first-order valence-corrected chi connectivity index (χ1v) is 10.6. The molecule has 0 aliphatic heterocycles. The van der Waals surface area contributed by atoms with Crippen LogP contribution in [0, 0.1) is 0 Å². The highest BCUT2D eigenvalue weighted by Gasteiger charge is 2.10. The second-order valence-corrected chi connectivity index (χ2v) is 8.07. The van der Waals surface area contributed by atoms with Crippen LogP contribution < -0.4 is 21.3 Å². The van der Waals surface area contributed by atoms with Crippen molar-refractivity contribution in [3.05, 3.63) is 64.1 Å². The fourth-order valence-electron chi connectivity index (χ4n) is 2.56. The molecule has 0 radical (unpaired) electrons. The fraction of sp³-hybridized carbons (Fsp3) is 0.316. The number of unbranched alkanes of at least 4 members (excludes halogenated alkanes) is 2. The Balaban J connectivity index is 1.64. The molecule has 0 fully saturated rings. The first-order chi connectivity index (χ1) is 13.7. The number of nitrogens with one attached hydrogen (secondary N) is 2. The quantitative estimate of drug-likeness (QED) is 0.503. The van der Waals surface area contributed by atoms with Crippen LogP contribution in [0.15, 0.2) is 52.3 Å². The van der Waals surface area contributed by atoms with Crippen LogP contribution in [0.1, 0.15) is 40.0 Å². The van der Waals surface area contributed by atoms with Crippen molar-refractivity contribution in [2.75, 3.05) is 13.1 Å². The largest absolute Gasteiger partial charge is 0.352 e. The first kappa shape index (κ1) is 22.3. The maximum absolute atomic E-state index is 12.0. The monoisotopic (exact) mass is 420 g/mol. The van der Waals surface area contributed by atoms with Crippen molar-refractivity contribution in [1.82, 2.24) is 15.2 Å². The van der Waals surface area contributed by atoms with Gasteiger partial charge in [-0.05, 0) is 49.6 Å². The molecule has 1 heterocycles. The molecule has 1 aromatic heterocycles. The molecule has 2 rings (SSSR count). The fourth-order valence-corrected chi connectivity index (χ4v) is 3.07. The number of benzene rings is 1. The molecule has 0 saturated heterocycles. The summed E-state index contributed by atoms with van der Waals surface area (Å²) in [7, 11) is -2.19. The van der Waals surface area contributed by atoms with E-state index >= 15 is 0 Å². The minimum atomic E-state index is -3.78. The normalized spacial score (nSPS) is 11.1. The summed E-state index contributed by atoms with van der Waals surface area (Å²) >= 11 is 0. The zero-order valence-electron chi connectivity index (χ0n) is 16.1. The van der Waals surface area contributed by atoms with Gasteiger partial charge in [0.25, 0.3) is 11.8 Å². The van der Waals surface area contributed by atoms with Crippen molar-refractivity contribution in [3.8, 4) is 0 Å².